The van der Waals surface area contributed by atoms with Crippen molar-refractivity contribution >= 4 is 12.0 Å². The number of nitrogens with zero attached hydrogens (tertiary/aromatic N) is 3. The molecule has 0 fully saturated rings. The predicted molar refractivity (Wildman–Crippen MR) is 55.4 cm³/mol. The maximum Gasteiger partial charge on any atom is 0.192 e. The van der Waals surface area contributed by atoms with E-state index < -0.39 is 0 Å². The lowest BCUT2D eigenvalue weighted by atomic mass is 10.0. The molecule has 1 heterocycles. The van der Waals surface area contributed by atoms with Crippen LogP contribution in [0.15, 0.2) is 12.4 Å². The molecule has 15 heavy (non-hydrogen) atoms. The van der Waals surface area contributed by atoms with E-state index in [1.54, 1.807) is 0 Å². The summed E-state index contributed by atoms with van der Waals surface area (Å²) < 4.78 is 0. The van der Waals surface area contributed by atoms with Gasteiger partial charge in [-0.15, -0.1) is 0 Å². The first-order chi connectivity index (χ1) is 7.07. The van der Waals surface area contributed by atoms with Gasteiger partial charge in [0.1, 0.15) is 0 Å². The lowest BCUT2D eigenvalue weighted by Gasteiger charge is -2.23. The minimum atomic E-state index is -0.333. The number of aldehydes is 1. The Morgan fingerprint density at radius 1 is 1.53 bits per heavy atom. The molecule has 0 saturated heterocycles. The van der Waals surface area contributed by atoms with Crippen molar-refractivity contribution in [1.82, 2.24) is 9.97 Å². The van der Waals surface area contributed by atoms with Gasteiger partial charge in [0, 0.05) is 5.54 Å². The van der Waals surface area contributed by atoms with Gasteiger partial charge in [0.25, 0.3) is 0 Å². The highest BCUT2D eigenvalue weighted by atomic mass is 16.1. The number of carbonyl (C=O) groups is 1. The van der Waals surface area contributed by atoms with E-state index in [4.69, 9.17) is 5.26 Å². The summed E-state index contributed by atoms with van der Waals surface area (Å²) in [4.78, 5) is 18.0. The molecule has 5 heteroatoms. The molecule has 1 aromatic heterocycles. The van der Waals surface area contributed by atoms with Gasteiger partial charge in [-0.25, -0.2) is 9.97 Å². The van der Waals surface area contributed by atoms with Crippen LogP contribution in [0.1, 0.15) is 30.9 Å². The smallest absolute Gasteiger partial charge is 0.192 e. The van der Waals surface area contributed by atoms with Crippen LogP contribution >= 0.6 is 0 Å². The molecule has 78 valence electrons. The van der Waals surface area contributed by atoms with Crippen LogP contribution < -0.4 is 5.32 Å². The van der Waals surface area contributed by atoms with Crippen molar-refractivity contribution in [2.45, 2.75) is 25.8 Å². The second-order valence-corrected chi connectivity index (χ2v) is 3.79. The summed E-state index contributed by atoms with van der Waals surface area (Å²) >= 11 is 0. The molecule has 1 rings (SSSR count). The molecule has 0 bridgehead atoms. The number of rotatable bonds is 4. The zero-order valence-electron chi connectivity index (χ0n) is 8.69. The third-order valence-electron chi connectivity index (χ3n) is 1.78. The molecule has 0 spiro atoms. The average molecular weight is 204 g/mol. The molecule has 0 atom stereocenters. The van der Waals surface area contributed by atoms with Crippen LogP contribution in [0.2, 0.25) is 0 Å². The molecule has 0 aliphatic rings. The van der Waals surface area contributed by atoms with Gasteiger partial charge in [0.2, 0.25) is 0 Å². The lowest BCUT2D eigenvalue weighted by molar-refractivity contribution is 0.111. The van der Waals surface area contributed by atoms with E-state index in [1.807, 2.05) is 13.8 Å². The summed E-state index contributed by atoms with van der Waals surface area (Å²) in [5, 5.41) is 11.7. The molecule has 0 amide bonds. The molecule has 1 N–H and O–H groups in total. The Labute approximate surface area is 88.2 Å². The number of hydrogen-bond acceptors (Lipinski definition) is 5. The third-order valence-corrected chi connectivity index (χ3v) is 1.78. The van der Waals surface area contributed by atoms with Crippen molar-refractivity contribution in [2.24, 2.45) is 0 Å². The van der Waals surface area contributed by atoms with Gasteiger partial charge in [-0.1, -0.05) is 0 Å². The largest absolute Gasteiger partial charge is 0.377 e. The van der Waals surface area contributed by atoms with Gasteiger partial charge in [-0.3, -0.25) is 4.79 Å². The number of hydrogen-bond donors (Lipinski definition) is 1. The van der Waals surface area contributed by atoms with E-state index in [2.05, 4.69) is 21.4 Å². The number of aromatic nitrogens is 2. The second-order valence-electron chi connectivity index (χ2n) is 3.79. The topological polar surface area (TPSA) is 78.7 Å². The van der Waals surface area contributed by atoms with Crippen LogP contribution in [0.5, 0.6) is 0 Å². The fourth-order valence-corrected chi connectivity index (χ4v) is 1.10. The quantitative estimate of drug-likeness (QED) is 0.750. The molecular weight excluding hydrogens is 192 g/mol. The van der Waals surface area contributed by atoms with Gasteiger partial charge in [-0.05, 0) is 13.8 Å². The van der Waals surface area contributed by atoms with Gasteiger partial charge >= 0.3 is 0 Å². The van der Waals surface area contributed by atoms with E-state index >= 15 is 0 Å². The van der Waals surface area contributed by atoms with Crippen molar-refractivity contribution in [1.29, 1.82) is 5.26 Å². The molecule has 0 saturated carbocycles. The highest BCUT2D eigenvalue weighted by Gasteiger charge is 2.16. The van der Waals surface area contributed by atoms with E-state index in [9.17, 15) is 4.79 Å². The highest BCUT2D eigenvalue weighted by Crippen LogP contribution is 2.15. The number of anilines is 1. The monoisotopic (exact) mass is 204 g/mol. The van der Waals surface area contributed by atoms with Crippen LogP contribution in [0.3, 0.4) is 0 Å². The number of nitrogens with one attached hydrogen (secondary N) is 1. The molecule has 0 aliphatic carbocycles. The first-order valence-corrected chi connectivity index (χ1v) is 4.50. The summed E-state index contributed by atoms with van der Waals surface area (Å²) in [6.07, 6.45) is 4.01. The van der Waals surface area contributed by atoms with E-state index in [1.165, 1.54) is 12.4 Å². The van der Waals surface area contributed by atoms with Gasteiger partial charge in [0.05, 0.1) is 30.6 Å². The Hall–Kier alpha value is -1.96. The fraction of sp³-hybridized carbons (Fsp3) is 0.400. The summed E-state index contributed by atoms with van der Waals surface area (Å²) in [5.74, 6) is 0.152. The van der Waals surface area contributed by atoms with E-state index in [-0.39, 0.29) is 11.4 Å². The SMILES string of the molecule is CC(C)(CC#N)Nc1cnc(C=O)nc1. The minimum absolute atomic E-state index is 0.152. The van der Waals surface area contributed by atoms with Crippen molar-refractivity contribution in [3.63, 3.8) is 0 Å². The fourth-order valence-electron chi connectivity index (χ4n) is 1.10. The average Bonchev–Trinajstić information content (AvgIpc) is 2.18. The van der Waals surface area contributed by atoms with Crippen LogP contribution in [-0.4, -0.2) is 21.8 Å². The van der Waals surface area contributed by atoms with Crippen molar-refractivity contribution in [3.8, 4) is 6.07 Å². The maximum atomic E-state index is 10.3. The zero-order valence-corrected chi connectivity index (χ0v) is 8.69. The maximum absolute atomic E-state index is 10.3. The molecule has 0 radical (unpaired) electrons. The number of nitriles is 1. The standard InChI is InChI=1S/C10H12N4O/c1-10(2,3-4-11)14-8-5-12-9(7-15)13-6-8/h5-7,14H,3H2,1-2H3. The third kappa shape index (κ3) is 3.35. The Bertz CT molecular complexity index is 377. The van der Waals surface area contributed by atoms with Crippen LogP contribution in [0, 0.1) is 11.3 Å². The normalized spacial score (nSPS) is 10.5. The molecule has 5 nitrogen and oxygen atoms in total. The van der Waals surface area contributed by atoms with Crippen molar-refractivity contribution in [3.05, 3.63) is 18.2 Å². The summed E-state index contributed by atoms with van der Waals surface area (Å²) in [6.45, 7) is 3.81. The van der Waals surface area contributed by atoms with Crippen LogP contribution in [-0.2, 0) is 0 Å². The first kappa shape index (κ1) is 11.1. The first-order valence-electron chi connectivity index (χ1n) is 4.50. The Morgan fingerprint density at radius 2 is 2.13 bits per heavy atom. The summed E-state index contributed by atoms with van der Waals surface area (Å²) in [6, 6.07) is 2.09. The second kappa shape index (κ2) is 4.51. The van der Waals surface area contributed by atoms with Crippen molar-refractivity contribution in [2.75, 3.05) is 5.32 Å². The Balaban J connectivity index is 2.73. The molecular formula is C10H12N4O. The minimum Gasteiger partial charge on any atom is -0.377 e. The van der Waals surface area contributed by atoms with Crippen molar-refractivity contribution < 1.29 is 4.79 Å². The van der Waals surface area contributed by atoms with Gasteiger partial charge < -0.3 is 5.32 Å². The summed E-state index contributed by atoms with van der Waals surface area (Å²) in [5.41, 5.74) is 0.363. The Kier molecular flexibility index (Phi) is 3.34. The Morgan fingerprint density at radius 3 is 2.60 bits per heavy atom. The zero-order chi connectivity index (χ0) is 11.3. The van der Waals surface area contributed by atoms with E-state index in [0.717, 1.165) is 0 Å². The molecule has 0 unspecified atom stereocenters. The molecule has 0 aromatic carbocycles. The lowest BCUT2D eigenvalue weighted by Crippen LogP contribution is -2.30. The highest BCUT2D eigenvalue weighted by molar-refractivity contribution is 5.68. The number of carbonyl (C=O) groups excluding carboxylic acids is 1. The van der Waals surface area contributed by atoms with Gasteiger partial charge in [-0.2, -0.15) is 5.26 Å². The van der Waals surface area contributed by atoms with Crippen LogP contribution in [0.4, 0.5) is 5.69 Å². The molecule has 1 aromatic rings. The molecule has 0 aliphatic heterocycles. The van der Waals surface area contributed by atoms with Crippen LogP contribution in [0.25, 0.3) is 0 Å². The van der Waals surface area contributed by atoms with E-state index in [0.29, 0.717) is 18.4 Å². The predicted octanol–water partition coefficient (Wildman–Crippen LogP) is 1.39. The summed E-state index contributed by atoms with van der Waals surface area (Å²) in [7, 11) is 0. The van der Waals surface area contributed by atoms with Gasteiger partial charge in [0.15, 0.2) is 12.1 Å².